The summed E-state index contributed by atoms with van der Waals surface area (Å²) in [5.74, 6) is 2.17. The van der Waals surface area contributed by atoms with Gasteiger partial charge in [-0.05, 0) is 36.8 Å². The lowest BCUT2D eigenvalue weighted by atomic mass is 10.2. The maximum Gasteiger partial charge on any atom is 0.123 e. The minimum absolute atomic E-state index is 0.986. The Kier molecular flexibility index (Phi) is 2.87. The molecule has 0 spiro atoms. The standard InChI is InChI=1S/C11H15NOS/c1-8-6-9-11(7-10(8)13-2)14-5-3-4-12-9/h6-7,12H,3-5H2,1-2H3. The molecule has 0 fully saturated rings. The molecule has 0 amide bonds. The first-order valence-corrected chi connectivity index (χ1v) is 5.85. The van der Waals surface area contributed by atoms with Crippen molar-refractivity contribution >= 4 is 17.4 Å². The maximum atomic E-state index is 5.31. The second-order valence-electron chi connectivity index (χ2n) is 3.45. The van der Waals surface area contributed by atoms with Crippen LogP contribution in [0, 0.1) is 6.92 Å². The summed E-state index contributed by atoms with van der Waals surface area (Å²) in [6, 6.07) is 4.31. The van der Waals surface area contributed by atoms with Crippen molar-refractivity contribution in [3.8, 4) is 5.75 Å². The molecule has 3 heteroatoms. The highest BCUT2D eigenvalue weighted by molar-refractivity contribution is 7.99. The van der Waals surface area contributed by atoms with Crippen molar-refractivity contribution in [3.05, 3.63) is 17.7 Å². The van der Waals surface area contributed by atoms with Crippen molar-refractivity contribution in [3.63, 3.8) is 0 Å². The first-order valence-electron chi connectivity index (χ1n) is 4.86. The van der Waals surface area contributed by atoms with Gasteiger partial charge in [-0.1, -0.05) is 0 Å². The van der Waals surface area contributed by atoms with E-state index in [-0.39, 0.29) is 0 Å². The van der Waals surface area contributed by atoms with Crippen molar-refractivity contribution < 1.29 is 4.74 Å². The van der Waals surface area contributed by atoms with Gasteiger partial charge in [0.2, 0.25) is 0 Å². The quantitative estimate of drug-likeness (QED) is 0.768. The number of ether oxygens (including phenoxy) is 1. The number of aryl methyl sites for hydroxylation is 1. The van der Waals surface area contributed by atoms with Crippen LogP contribution >= 0.6 is 11.8 Å². The fourth-order valence-corrected chi connectivity index (χ4v) is 2.61. The Labute approximate surface area is 89.0 Å². The molecule has 0 radical (unpaired) electrons. The van der Waals surface area contributed by atoms with E-state index in [1.165, 1.54) is 28.3 Å². The van der Waals surface area contributed by atoms with Crippen LogP contribution in [0.2, 0.25) is 0 Å². The van der Waals surface area contributed by atoms with Gasteiger partial charge in [0, 0.05) is 17.1 Å². The van der Waals surface area contributed by atoms with Gasteiger partial charge in [0.05, 0.1) is 7.11 Å². The number of hydrogen-bond acceptors (Lipinski definition) is 3. The number of fused-ring (bicyclic) bond motifs is 1. The Morgan fingerprint density at radius 2 is 2.29 bits per heavy atom. The third-order valence-corrected chi connectivity index (χ3v) is 3.53. The van der Waals surface area contributed by atoms with E-state index in [2.05, 4.69) is 24.4 Å². The fourth-order valence-electron chi connectivity index (χ4n) is 1.62. The summed E-state index contributed by atoms with van der Waals surface area (Å²) in [5.41, 5.74) is 2.45. The van der Waals surface area contributed by atoms with Crippen molar-refractivity contribution in [2.75, 3.05) is 24.7 Å². The molecule has 2 nitrogen and oxygen atoms in total. The molecule has 0 bridgehead atoms. The van der Waals surface area contributed by atoms with E-state index in [0.29, 0.717) is 0 Å². The lowest BCUT2D eigenvalue weighted by Crippen LogP contribution is -2.00. The fraction of sp³-hybridized carbons (Fsp3) is 0.455. The zero-order valence-corrected chi connectivity index (χ0v) is 9.41. The highest BCUT2D eigenvalue weighted by Gasteiger charge is 2.10. The van der Waals surface area contributed by atoms with Crippen molar-refractivity contribution in [1.82, 2.24) is 0 Å². The van der Waals surface area contributed by atoms with E-state index in [1.54, 1.807) is 7.11 Å². The van der Waals surface area contributed by atoms with E-state index >= 15 is 0 Å². The predicted molar refractivity (Wildman–Crippen MR) is 61.6 cm³/mol. The minimum atomic E-state index is 0.986. The average molecular weight is 209 g/mol. The van der Waals surface area contributed by atoms with Gasteiger partial charge in [-0.25, -0.2) is 0 Å². The molecule has 1 N–H and O–H groups in total. The second kappa shape index (κ2) is 4.13. The number of methoxy groups -OCH3 is 1. The molecule has 1 aliphatic rings. The SMILES string of the molecule is COc1cc2c(cc1C)NCCCS2. The third kappa shape index (κ3) is 1.82. The number of benzene rings is 1. The number of rotatable bonds is 1. The van der Waals surface area contributed by atoms with Gasteiger partial charge in [-0.3, -0.25) is 0 Å². The van der Waals surface area contributed by atoms with Crippen LogP contribution in [-0.2, 0) is 0 Å². The number of anilines is 1. The van der Waals surface area contributed by atoms with Crippen LogP contribution < -0.4 is 10.1 Å². The Bertz CT molecular complexity index is 338. The molecule has 1 aliphatic heterocycles. The van der Waals surface area contributed by atoms with Crippen molar-refractivity contribution in [2.45, 2.75) is 18.2 Å². The van der Waals surface area contributed by atoms with Gasteiger partial charge in [-0.2, -0.15) is 0 Å². The first-order chi connectivity index (χ1) is 6.81. The molecular weight excluding hydrogens is 194 g/mol. The predicted octanol–water partition coefficient (Wildman–Crippen LogP) is 2.91. The van der Waals surface area contributed by atoms with Crippen LogP contribution in [0.1, 0.15) is 12.0 Å². The lowest BCUT2D eigenvalue weighted by Gasteiger charge is -2.11. The van der Waals surface area contributed by atoms with E-state index in [9.17, 15) is 0 Å². The van der Waals surface area contributed by atoms with Crippen LogP contribution in [0.25, 0.3) is 0 Å². The Morgan fingerprint density at radius 1 is 1.43 bits per heavy atom. The number of hydrogen-bond donors (Lipinski definition) is 1. The molecule has 76 valence electrons. The van der Waals surface area contributed by atoms with E-state index < -0.39 is 0 Å². The molecule has 14 heavy (non-hydrogen) atoms. The number of nitrogens with one attached hydrogen (secondary N) is 1. The molecule has 2 rings (SSSR count). The smallest absolute Gasteiger partial charge is 0.123 e. The first kappa shape index (κ1) is 9.71. The van der Waals surface area contributed by atoms with Gasteiger partial charge in [0.1, 0.15) is 5.75 Å². The van der Waals surface area contributed by atoms with Crippen molar-refractivity contribution in [1.29, 1.82) is 0 Å². The molecule has 0 saturated heterocycles. The molecule has 1 heterocycles. The molecule has 0 atom stereocenters. The van der Waals surface area contributed by atoms with Gasteiger partial charge in [0.15, 0.2) is 0 Å². The Balaban J connectivity index is 2.41. The molecule has 0 saturated carbocycles. The summed E-state index contributed by atoms with van der Waals surface area (Å²) in [7, 11) is 1.73. The summed E-state index contributed by atoms with van der Waals surface area (Å²) in [6.45, 7) is 3.15. The van der Waals surface area contributed by atoms with Crippen LogP contribution in [0.4, 0.5) is 5.69 Å². The van der Waals surface area contributed by atoms with Crippen LogP contribution in [0.5, 0.6) is 5.75 Å². The monoisotopic (exact) mass is 209 g/mol. The molecular formula is C11H15NOS. The van der Waals surface area contributed by atoms with Crippen LogP contribution in [0.3, 0.4) is 0 Å². The highest BCUT2D eigenvalue weighted by Crippen LogP contribution is 2.35. The number of thioether (sulfide) groups is 1. The molecule has 0 aliphatic carbocycles. The average Bonchev–Trinajstić information content (AvgIpc) is 2.41. The summed E-state index contributed by atoms with van der Waals surface area (Å²) in [5, 5.41) is 3.44. The summed E-state index contributed by atoms with van der Waals surface area (Å²) < 4.78 is 5.31. The summed E-state index contributed by atoms with van der Waals surface area (Å²) in [6.07, 6.45) is 1.22. The normalized spacial score (nSPS) is 15.3. The van der Waals surface area contributed by atoms with E-state index in [1.807, 2.05) is 11.8 Å². The molecule has 0 unspecified atom stereocenters. The molecule has 1 aromatic carbocycles. The maximum absolute atomic E-state index is 5.31. The minimum Gasteiger partial charge on any atom is -0.496 e. The lowest BCUT2D eigenvalue weighted by molar-refractivity contribution is 0.410. The zero-order valence-electron chi connectivity index (χ0n) is 8.59. The van der Waals surface area contributed by atoms with Gasteiger partial charge in [-0.15, -0.1) is 11.8 Å². The topological polar surface area (TPSA) is 21.3 Å². The summed E-state index contributed by atoms with van der Waals surface area (Å²) >= 11 is 1.91. The largest absolute Gasteiger partial charge is 0.496 e. The van der Waals surface area contributed by atoms with Gasteiger partial charge < -0.3 is 10.1 Å². The van der Waals surface area contributed by atoms with E-state index in [0.717, 1.165) is 12.3 Å². The van der Waals surface area contributed by atoms with Crippen LogP contribution in [-0.4, -0.2) is 19.4 Å². The Morgan fingerprint density at radius 3 is 3.07 bits per heavy atom. The summed E-state index contributed by atoms with van der Waals surface area (Å²) in [4.78, 5) is 1.31. The second-order valence-corrected chi connectivity index (χ2v) is 4.58. The highest BCUT2D eigenvalue weighted by atomic mass is 32.2. The van der Waals surface area contributed by atoms with Gasteiger partial charge in [0.25, 0.3) is 0 Å². The molecule has 0 aromatic heterocycles. The van der Waals surface area contributed by atoms with Gasteiger partial charge >= 0.3 is 0 Å². The third-order valence-electron chi connectivity index (χ3n) is 2.39. The molecule has 1 aromatic rings. The zero-order chi connectivity index (χ0) is 9.97. The Hall–Kier alpha value is -0.830. The van der Waals surface area contributed by atoms with Crippen LogP contribution in [0.15, 0.2) is 17.0 Å². The van der Waals surface area contributed by atoms with E-state index in [4.69, 9.17) is 4.74 Å². The van der Waals surface area contributed by atoms with Crippen molar-refractivity contribution in [2.24, 2.45) is 0 Å².